The van der Waals surface area contributed by atoms with Crippen LogP contribution in [0.4, 0.5) is 5.69 Å². The zero-order valence-corrected chi connectivity index (χ0v) is 16.8. The molecule has 1 N–H and O–H groups in total. The number of carbonyl (C=O) groups excluding carboxylic acids is 2. The van der Waals surface area contributed by atoms with Crippen LogP contribution in [0, 0.1) is 0 Å². The van der Waals surface area contributed by atoms with Crippen molar-refractivity contribution in [3.05, 3.63) is 54.1 Å². The lowest BCUT2D eigenvalue weighted by Gasteiger charge is -2.22. The molecule has 0 aliphatic heterocycles. The van der Waals surface area contributed by atoms with Crippen LogP contribution in [-0.2, 0) is 19.7 Å². The Hall–Kier alpha value is -3.02. The van der Waals surface area contributed by atoms with Crippen LogP contribution in [-0.4, -0.2) is 31.7 Å². The maximum Gasteiger partial charge on any atom is 0.344 e. The molecule has 0 saturated carbocycles. The summed E-state index contributed by atoms with van der Waals surface area (Å²) in [7, 11) is 0. The van der Waals surface area contributed by atoms with Crippen molar-refractivity contribution >= 4 is 17.6 Å². The Morgan fingerprint density at radius 1 is 0.893 bits per heavy atom. The predicted molar refractivity (Wildman–Crippen MR) is 108 cm³/mol. The molecule has 2 rings (SSSR count). The van der Waals surface area contributed by atoms with Crippen molar-refractivity contribution in [1.82, 2.24) is 0 Å². The largest absolute Gasteiger partial charge is 0.492 e. The Bertz CT molecular complexity index is 811. The van der Waals surface area contributed by atoms with Gasteiger partial charge in [0.1, 0.15) is 11.5 Å². The molecule has 0 heterocycles. The van der Waals surface area contributed by atoms with E-state index in [4.69, 9.17) is 14.2 Å². The Morgan fingerprint density at radius 3 is 2.21 bits per heavy atom. The molecule has 6 nitrogen and oxygen atoms in total. The normalized spacial score (nSPS) is 10.9. The fourth-order valence-corrected chi connectivity index (χ4v) is 2.57. The second-order valence-corrected chi connectivity index (χ2v) is 7.17. The van der Waals surface area contributed by atoms with Crippen LogP contribution in [0.1, 0.15) is 33.3 Å². The molecule has 0 bridgehead atoms. The van der Waals surface area contributed by atoms with Crippen LogP contribution >= 0.6 is 0 Å². The minimum Gasteiger partial charge on any atom is -0.492 e. The van der Waals surface area contributed by atoms with Crippen LogP contribution in [0.15, 0.2) is 48.5 Å². The standard InChI is InChI=1S/C22H27NO5/c1-5-26-19-13-9-7-11-17(19)23-20(24)14-28-21(25)15-27-18-12-8-6-10-16(18)22(2,3)4/h6-13H,5,14-15H2,1-4H3,(H,23,24). The van der Waals surface area contributed by atoms with Gasteiger partial charge < -0.3 is 19.5 Å². The van der Waals surface area contributed by atoms with Gasteiger partial charge in [0.25, 0.3) is 5.91 Å². The molecule has 6 heteroatoms. The molecule has 0 radical (unpaired) electrons. The molecule has 1 amide bonds. The Kier molecular flexibility index (Phi) is 7.44. The van der Waals surface area contributed by atoms with E-state index in [0.717, 1.165) is 5.56 Å². The summed E-state index contributed by atoms with van der Waals surface area (Å²) in [5.74, 6) is 0.126. The van der Waals surface area contributed by atoms with Gasteiger partial charge in [-0.15, -0.1) is 0 Å². The van der Waals surface area contributed by atoms with E-state index in [1.165, 1.54) is 0 Å². The Balaban J connectivity index is 1.84. The van der Waals surface area contributed by atoms with E-state index in [-0.39, 0.29) is 12.0 Å². The summed E-state index contributed by atoms with van der Waals surface area (Å²) in [5, 5.41) is 2.67. The van der Waals surface area contributed by atoms with Crippen LogP contribution in [0.25, 0.3) is 0 Å². The highest BCUT2D eigenvalue weighted by atomic mass is 16.6. The minimum atomic E-state index is -0.614. The third-order valence-electron chi connectivity index (χ3n) is 3.87. The number of benzene rings is 2. The molecule has 0 aliphatic rings. The smallest absolute Gasteiger partial charge is 0.344 e. The SMILES string of the molecule is CCOc1ccccc1NC(=O)COC(=O)COc1ccccc1C(C)(C)C. The molecule has 0 spiro atoms. The number of esters is 1. The van der Waals surface area contributed by atoms with Gasteiger partial charge in [-0.25, -0.2) is 4.79 Å². The molecule has 0 saturated heterocycles. The summed E-state index contributed by atoms with van der Waals surface area (Å²) in [6, 6.07) is 14.6. The molecule has 0 unspecified atom stereocenters. The molecular formula is C22H27NO5. The fraction of sp³-hybridized carbons (Fsp3) is 0.364. The number of hydrogen-bond acceptors (Lipinski definition) is 5. The third kappa shape index (κ3) is 6.30. The van der Waals surface area contributed by atoms with Crippen molar-refractivity contribution in [3.8, 4) is 11.5 Å². The zero-order chi connectivity index (χ0) is 20.6. The molecular weight excluding hydrogens is 358 g/mol. The van der Waals surface area contributed by atoms with Crippen LogP contribution in [0.5, 0.6) is 11.5 Å². The highest BCUT2D eigenvalue weighted by Crippen LogP contribution is 2.30. The number of nitrogens with one attached hydrogen (secondary N) is 1. The van der Waals surface area contributed by atoms with E-state index in [0.29, 0.717) is 23.8 Å². The van der Waals surface area contributed by atoms with E-state index in [1.807, 2.05) is 37.3 Å². The summed E-state index contributed by atoms with van der Waals surface area (Å²) in [4.78, 5) is 24.0. The second kappa shape index (κ2) is 9.78. The first-order valence-electron chi connectivity index (χ1n) is 9.21. The average Bonchev–Trinajstić information content (AvgIpc) is 2.66. The molecule has 2 aromatic rings. The number of ether oxygens (including phenoxy) is 3. The van der Waals surface area contributed by atoms with Crippen LogP contribution < -0.4 is 14.8 Å². The van der Waals surface area contributed by atoms with Gasteiger partial charge in [-0.05, 0) is 36.1 Å². The molecule has 0 aliphatic carbocycles. The number of hydrogen-bond donors (Lipinski definition) is 1. The Labute approximate surface area is 165 Å². The Morgan fingerprint density at radius 2 is 1.54 bits per heavy atom. The quantitative estimate of drug-likeness (QED) is 0.697. The third-order valence-corrected chi connectivity index (χ3v) is 3.87. The van der Waals surface area contributed by atoms with Crippen molar-refractivity contribution < 1.29 is 23.8 Å². The van der Waals surface area contributed by atoms with E-state index in [9.17, 15) is 9.59 Å². The van der Waals surface area contributed by atoms with E-state index < -0.39 is 18.5 Å². The number of rotatable bonds is 8. The summed E-state index contributed by atoms with van der Waals surface area (Å²) in [6.45, 7) is 7.88. The van der Waals surface area contributed by atoms with Crippen LogP contribution in [0.3, 0.4) is 0 Å². The highest BCUT2D eigenvalue weighted by Gasteiger charge is 2.19. The van der Waals surface area contributed by atoms with Gasteiger partial charge in [0.05, 0.1) is 12.3 Å². The van der Waals surface area contributed by atoms with Crippen molar-refractivity contribution in [3.63, 3.8) is 0 Å². The van der Waals surface area contributed by atoms with Crippen molar-refractivity contribution in [2.24, 2.45) is 0 Å². The zero-order valence-electron chi connectivity index (χ0n) is 16.8. The first-order valence-corrected chi connectivity index (χ1v) is 9.21. The summed E-state index contributed by atoms with van der Waals surface area (Å²) >= 11 is 0. The highest BCUT2D eigenvalue weighted by molar-refractivity contribution is 5.94. The molecule has 2 aromatic carbocycles. The number of anilines is 1. The average molecular weight is 385 g/mol. The van der Waals surface area contributed by atoms with Gasteiger partial charge in [-0.2, -0.15) is 0 Å². The maximum atomic E-state index is 12.0. The number of amides is 1. The lowest BCUT2D eigenvalue weighted by Crippen LogP contribution is -2.24. The van der Waals surface area contributed by atoms with Gasteiger partial charge >= 0.3 is 5.97 Å². The lowest BCUT2D eigenvalue weighted by molar-refractivity contribution is -0.149. The van der Waals surface area contributed by atoms with Gasteiger partial charge in [-0.3, -0.25) is 4.79 Å². The van der Waals surface area contributed by atoms with E-state index in [1.54, 1.807) is 18.2 Å². The molecule has 0 atom stereocenters. The monoisotopic (exact) mass is 385 g/mol. The topological polar surface area (TPSA) is 73.9 Å². The summed E-state index contributed by atoms with van der Waals surface area (Å²) in [5.41, 5.74) is 1.41. The fourth-order valence-electron chi connectivity index (χ4n) is 2.57. The van der Waals surface area contributed by atoms with Gasteiger partial charge in [0.15, 0.2) is 13.2 Å². The summed E-state index contributed by atoms with van der Waals surface area (Å²) < 4.78 is 16.1. The van der Waals surface area contributed by atoms with Crippen molar-refractivity contribution in [2.45, 2.75) is 33.1 Å². The predicted octanol–water partition coefficient (Wildman–Crippen LogP) is 3.94. The van der Waals surface area contributed by atoms with Gasteiger partial charge in [-0.1, -0.05) is 51.1 Å². The number of carbonyl (C=O) groups is 2. The molecule has 150 valence electrons. The van der Waals surface area contributed by atoms with Crippen molar-refractivity contribution in [2.75, 3.05) is 25.1 Å². The molecule has 0 fully saturated rings. The lowest BCUT2D eigenvalue weighted by atomic mass is 9.86. The van der Waals surface area contributed by atoms with Crippen LogP contribution in [0.2, 0.25) is 0 Å². The maximum absolute atomic E-state index is 12.0. The van der Waals surface area contributed by atoms with Crippen molar-refractivity contribution in [1.29, 1.82) is 0 Å². The molecule has 0 aromatic heterocycles. The van der Waals surface area contributed by atoms with E-state index >= 15 is 0 Å². The number of para-hydroxylation sites is 3. The minimum absolute atomic E-state index is 0.117. The second-order valence-electron chi connectivity index (χ2n) is 7.17. The van der Waals surface area contributed by atoms with E-state index in [2.05, 4.69) is 26.1 Å². The first-order chi connectivity index (χ1) is 13.3. The van der Waals surface area contributed by atoms with Gasteiger partial charge in [0, 0.05) is 0 Å². The first kappa shape index (κ1) is 21.3. The van der Waals surface area contributed by atoms with Gasteiger partial charge in [0.2, 0.25) is 0 Å². The summed E-state index contributed by atoms with van der Waals surface area (Å²) in [6.07, 6.45) is 0. The molecule has 28 heavy (non-hydrogen) atoms.